The lowest BCUT2D eigenvalue weighted by atomic mass is 10.2. The summed E-state index contributed by atoms with van der Waals surface area (Å²) in [4.78, 5) is 24.0. The second kappa shape index (κ2) is 6.90. The summed E-state index contributed by atoms with van der Waals surface area (Å²) >= 11 is 0. The average Bonchev–Trinajstić information content (AvgIpc) is 3.08. The van der Waals surface area contributed by atoms with Crippen molar-refractivity contribution in [3.63, 3.8) is 0 Å². The highest BCUT2D eigenvalue weighted by atomic mass is 16.5. The van der Waals surface area contributed by atoms with Crippen LogP contribution in [0.3, 0.4) is 0 Å². The zero-order valence-corrected chi connectivity index (χ0v) is 12.6. The molecule has 1 atom stereocenters. The van der Waals surface area contributed by atoms with E-state index in [4.69, 9.17) is 8.94 Å². The molecule has 118 valence electrons. The summed E-state index contributed by atoms with van der Waals surface area (Å²) in [5.41, 5.74) is 5.61. The first-order valence-electron chi connectivity index (χ1n) is 6.85. The summed E-state index contributed by atoms with van der Waals surface area (Å²) in [6, 6.07) is 2.57. The van der Waals surface area contributed by atoms with Gasteiger partial charge in [0.15, 0.2) is 5.82 Å². The predicted octanol–water partition coefficient (Wildman–Crippen LogP) is 1.54. The van der Waals surface area contributed by atoms with Gasteiger partial charge in [-0.1, -0.05) is 12.1 Å². The number of carbonyl (C=O) groups is 2. The van der Waals surface area contributed by atoms with Gasteiger partial charge in [0, 0.05) is 6.07 Å². The zero-order chi connectivity index (χ0) is 16.1. The minimum absolute atomic E-state index is 0.319. The van der Waals surface area contributed by atoms with Crippen molar-refractivity contribution in [1.82, 2.24) is 16.0 Å². The van der Waals surface area contributed by atoms with Crippen LogP contribution in [0.4, 0.5) is 5.82 Å². The number of nitrogens with zero attached hydrogens (tertiary/aromatic N) is 1. The Morgan fingerprint density at radius 1 is 1.36 bits per heavy atom. The molecule has 2 amide bonds. The molecule has 0 aliphatic carbocycles. The van der Waals surface area contributed by atoms with Crippen molar-refractivity contribution >= 4 is 17.6 Å². The summed E-state index contributed by atoms with van der Waals surface area (Å²) < 4.78 is 9.93. The number of furan rings is 1. The Hall–Kier alpha value is -2.61. The van der Waals surface area contributed by atoms with Gasteiger partial charge in [-0.15, -0.1) is 0 Å². The fourth-order valence-electron chi connectivity index (χ4n) is 1.83. The molecule has 0 aliphatic rings. The maximum absolute atomic E-state index is 12.1. The van der Waals surface area contributed by atoms with E-state index in [1.54, 1.807) is 26.0 Å². The Balaban J connectivity index is 1.90. The largest absolute Gasteiger partial charge is 0.469 e. The number of hydrogen-bond donors (Lipinski definition) is 3. The molecule has 0 radical (unpaired) electrons. The molecule has 0 bridgehead atoms. The second-order valence-electron chi connectivity index (χ2n) is 4.76. The maximum atomic E-state index is 12.1. The van der Waals surface area contributed by atoms with Gasteiger partial charge >= 0.3 is 0 Å². The number of aryl methyl sites for hydroxylation is 2. The molecule has 22 heavy (non-hydrogen) atoms. The van der Waals surface area contributed by atoms with E-state index in [-0.39, 0.29) is 11.8 Å². The molecule has 3 N–H and O–H groups in total. The maximum Gasteiger partial charge on any atom is 0.268 e. The van der Waals surface area contributed by atoms with E-state index in [1.165, 1.54) is 6.26 Å². The van der Waals surface area contributed by atoms with E-state index in [0.29, 0.717) is 29.3 Å². The number of aromatic nitrogens is 1. The van der Waals surface area contributed by atoms with Gasteiger partial charge in [-0.2, -0.15) is 0 Å². The molecule has 2 aromatic rings. The standard InChI is InChI=1S/C14H18N4O4/c1-4-11(14(20)15-12-7-8(2)22-18-12)16-17-13(19)10-5-6-21-9(10)3/h5-7,11,16H,4H2,1-3H3,(H,17,19)(H,15,18,20)/t11-/m0/s1. The molecule has 0 fully saturated rings. The van der Waals surface area contributed by atoms with Crippen LogP contribution in [0.15, 0.2) is 27.3 Å². The third-order valence-electron chi connectivity index (χ3n) is 3.07. The summed E-state index contributed by atoms with van der Waals surface area (Å²) in [6.45, 7) is 5.23. The second-order valence-corrected chi connectivity index (χ2v) is 4.76. The minimum Gasteiger partial charge on any atom is -0.469 e. The minimum atomic E-state index is -0.604. The fraction of sp³-hybridized carbons (Fsp3) is 0.357. The SMILES string of the molecule is CC[C@H](NNC(=O)c1ccoc1C)C(=O)Nc1cc(C)on1. The summed E-state index contributed by atoms with van der Waals surface area (Å²) in [5, 5.41) is 6.29. The molecule has 0 saturated heterocycles. The van der Waals surface area contributed by atoms with Crippen molar-refractivity contribution in [3.05, 3.63) is 35.5 Å². The first kappa shape index (κ1) is 15.8. The first-order chi connectivity index (χ1) is 10.5. The van der Waals surface area contributed by atoms with Gasteiger partial charge < -0.3 is 14.3 Å². The molecule has 0 aliphatic heterocycles. The highest BCUT2D eigenvalue weighted by molar-refractivity contribution is 5.96. The number of carbonyl (C=O) groups excluding carboxylic acids is 2. The van der Waals surface area contributed by atoms with Gasteiger partial charge in [0.2, 0.25) is 5.91 Å². The molecule has 2 aromatic heterocycles. The van der Waals surface area contributed by atoms with Crippen LogP contribution >= 0.6 is 0 Å². The van der Waals surface area contributed by atoms with Gasteiger partial charge in [-0.25, -0.2) is 5.43 Å². The molecule has 0 saturated carbocycles. The normalized spacial score (nSPS) is 12.0. The monoisotopic (exact) mass is 306 g/mol. The zero-order valence-electron chi connectivity index (χ0n) is 12.6. The van der Waals surface area contributed by atoms with Crippen LogP contribution in [-0.2, 0) is 4.79 Å². The van der Waals surface area contributed by atoms with Crippen molar-refractivity contribution in [3.8, 4) is 0 Å². The van der Waals surface area contributed by atoms with Crippen LogP contribution in [0.1, 0.15) is 35.2 Å². The predicted molar refractivity (Wildman–Crippen MR) is 78.0 cm³/mol. The van der Waals surface area contributed by atoms with E-state index < -0.39 is 6.04 Å². The van der Waals surface area contributed by atoms with Gasteiger partial charge in [0.25, 0.3) is 5.91 Å². The van der Waals surface area contributed by atoms with Crippen LogP contribution in [0, 0.1) is 13.8 Å². The number of rotatable bonds is 6. The lowest BCUT2D eigenvalue weighted by Gasteiger charge is -2.16. The van der Waals surface area contributed by atoms with Crippen molar-refractivity contribution in [2.45, 2.75) is 33.2 Å². The fourth-order valence-corrected chi connectivity index (χ4v) is 1.83. The summed E-state index contributed by atoms with van der Waals surface area (Å²) in [5.74, 6) is 0.754. The molecule has 2 heterocycles. The van der Waals surface area contributed by atoms with Gasteiger partial charge in [-0.05, 0) is 26.3 Å². The lowest BCUT2D eigenvalue weighted by molar-refractivity contribution is -0.118. The Labute approximate surface area is 127 Å². The van der Waals surface area contributed by atoms with Crippen LogP contribution < -0.4 is 16.2 Å². The van der Waals surface area contributed by atoms with E-state index in [9.17, 15) is 9.59 Å². The Kier molecular flexibility index (Phi) is 4.95. The van der Waals surface area contributed by atoms with Crippen molar-refractivity contribution in [2.24, 2.45) is 0 Å². The highest BCUT2D eigenvalue weighted by Gasteiger charge is 2.19. The van der Waals surface area contributed by atoms with E-state index in [2.05, 4.69) is 21.3 Å². The summed E-state index contributed by atoms with van der Waals surface area (Å²) in [7, 11) is 0. The number of anilines is 1. The Morgan fingerprint density at radius 3 is 2.68 bits per heavy atom. The molecule has 0 aromatic carbocycles. The highest BCUT2D eigenvalue weighted by Crippen LogP contribution is 2.09. The molecular weight excluding hydrogens is 288 g/mol. The van der Waals surface area contributed by atoms with E-state index in [1.807, 2.05) is 6.92 Å². The number of nitrogens with one attached hydrogen (secondary N) is 3. The summed E-state index contributed by atoms with van der Waals surface area (Å²) in [6.07, 6.45) is 1.91. The Morgan fingerprint density at radius 2 is 2.14 bits per heavy atom. The van der Waals surface area contributed by atoms with Crippen LogP contribution in [0.25, 0.3) is 0 Å². The van der Waals surface area contributed by atoms with Crippen molar-refractivity contribution in [1.29, 1.82) is 0 Å². The number of amides is 2. The van der Waals surface area contributed by atoms with Gasteiger partial charge in [-0.3, -0.25) is 15.0 Å². The lowest BCUT2D eigenvalue weighted by Crippen LogP contribution is -2.49. The van der Waals surface area contributed by atoms with Gasteiger partial charge in [0.1, 0.15) is 17.6 Å². The molecule has 8 heteroatoms. The van der Waals surface area contributed by atoms with E-state index in [0.717, 1.165) is 0 Å². The third kappa shape index (κ3) is 3.73. The van der Waals surface area contributed by atoms with Crippen LogP contribution in [0.5, 0.6) is 0 Å². The Bertz CT molecular complexity index is 661. The molecule has 0 spiro atoms. The molecule has 8 nitrogen and oxygen atoms in total. The van der Waals surface area contributed by atoms with Crippen LogP contribution in [0.2, 0.25) is 0 Å². The molecular formula is C14H18N4O4. The van der Waals surface area contributed by atoms with Gasteiger partial charge in [0.05, 0.1) is 11.8 Å². The number of hydrogen-bond acceptors (Lipinski definition) is 6. The third-order valence-corrected chi connectivity index (χ3v) is 3.07. The molecule has 0 unspecified atom stereocenters. The topological polar surface area (TPSA) is 109 Å². The van der Waals surface area contributed by atoms with Crippen molar-refractivity contribution < 1.29 is 18.5 Å². The van der Waals surface area contributed by atoms with E-state index >= 15 is 0 Å². The van der Waals surface area contributed by atoms with Crippen LogP contribution in [-0.4, -0.2) is 23.0 Å². The quantitative estimate of drug-likeness (QED) is 0.698. The molecule has 2 rings (SSSR count). The average molecular weight is 306 g/mol. The smallest absolute Gasteiger partial charge is 0.268 e. The number of hydrazine groups is 1. The van der Waals surface area contributed by atoms with Crippen molar-refractivity contribution in [2.75, 3.05) is 5.32 Å². The first-order valence-corrected chi connectivity index (χ1v) is 6.85.